The molecule has 2 heterocycles. The van der Waals surface area contributed by atoms with Gasteiger partial charge in [-0.1, -0.05) is 53.7 Å². The highest BCUT2D eigenvalue weighted by Crippen LogP contribution is 2.27. The van der Waals surface area contributed by atoms with Gasteiger partial charge in [0.1, 0.15) is 5.52 Å². The number of carbonyl (C=O) groups excluding carboxylic acids is 1. The molecule has 2 aromatic carbocycles. The third-order valence-corrected chi connectivity index (χ3v) is 5.94. The Morgan fingerprint density at radius 2 is 1.87 bits per heavy atom. The number of amides is 1. The zero-order valence-electron chi connectivity index (χ0n) is 18.0. The van der Waals surface area contributed by atoms with Crippen LogP contribution in [-0.2, 0) is 12.3 Å². The molecule has 31 heavy (non-hydrogen) atoms. The minimum atomic E-state index is -0.0415. The van der Waals surface area contributed by atoms with Crippen molar-refractivity contribution in [1.82, 2.24) is 19.9 Å². The van der Waals surface area contributed by atoms with Crippen LogP contribution >= 0.6 is 11.8 Å². The smallest absolute Gasteiger partial charge is 0.251 e. The molecule has 0 radical (unpaired) electrons. The first-order chi connectivity index (χ1) is 15.0. The fourth-order valence-electron chi connectivity index (χ4n) is 3.43. The molecular weight excluding hydrogens is 404 g/mol. The van der Waals surface area contributed by atoms with Crippen molar-refractivity contribution in [2.24, 2.45) is 0 Å². The molecule has 0 bridgehead atoms. The van der Waals surface area contributed by atoms with E-state index in [4.69, 9.17) is 4.98 Å². The molecule has 4 rings (SSSR count). The first-order valence-corrected chi connectivity index (χ1v) is 11.4. The maximum absolute atomic E-state index is 12.2. The number of imidazole rings is 1. The topological polar surface area (TPSA) is 59.8 Å². The maximum Gasteiger partial charge on any atom is 0.251 e. The molecule has 0 spiro atoms. The number of hydrogen-bond donors (Lipinski definition) is 1. The van der Waals surface area contributed by atoms with Gasteiger partial charge in [-0.2, -0.15) is 0 Å². The number of nitrogens with zero attached hydrogens (tertiary/aromatic N) is 3. The number of nitrogens with one attached hydrogen (secondary N) is 1. The van der Waals surface area contributed by atoms with E-state index in [1.165, 1.54) is 11.1 Å². The van der Waals surface area contributed by atoms with Crippen molar-refractivity contribution in [3.63, 3.8) is 0 Å². The van der Waals surface area contributed by atoms with Gasteiger partial charge in [-0.3, -0.25) is 9.36 Å². The predicted molar refractivity (Wildman–Crippen MR) is 126 cm³/mol. The lowest BCUT2D eigenvalue weighted by atomic mass is 10.1. The molecule has 0 saturated carbocycles. The Morgan fingerprint density at radius 1 is 1.06 bits per heavy atom. The molecule has 0 atom stereocenters. The summed E-state index contributed by atoms with van der Waals surface area (Å²) in [5, 5.41) is 3.86. The number of pyridine rings is 1. The van der Waals surface area contributed by atoms with Crippen LogP contribution in [0.1, 0.15) is 40.9 Å². The number of carbonyl (C=O) groups is 1. The first kappa shape index (κ1) is 21.1. The van der Waals surface area contributed by atoms with E-state index in [0.717, 1.165) is 34.2 Å². The Kier molecular flexibility index (Phi) is 6.37. The molecule has 5 nitrogen and oxygen atoms in total. The van der Waals surface area contributed by atoms with E-state index in [2.05, 4.69) is 46.1 Å². The van der Waals surface area contributed by atoms with Crippen LogP contribution < -0.4 is 5.32 Å². The van der Waals surface area contributed by atoms with E-state index < -0.39 is 0 Å². The average Bonchev–Trinajstić information content (AvgIpc) is 3.09. The van der Waals surface area contributed by atoms with Crippen LogP contribution in [-0.4, -0.2) is 26.5 Å². The molecule has 2 aromatic heterocycles. The van der Waals surface area contributed by atoms with Gasteiger partial charge in [0.15, 0.2) is 10.8 Å². The van der Waals surface area contributed by atoms with Crippen molar-refractivity contribution in [3.05, 3.63) is 89.1 Å². The lowest BCUT2D eigenvalue weighted by molar-refractivity contribution is 0.0943. The minimum Gasteiger partial charge on any atom is -0.350 e. The van der Waals surface area contributed by atoms with Crippen LogP contribution in [0.2, 0.25) is 0 Å². The molecule has 0 saturated heterocycles. The first-order valence-electron chi connectivity index (χ1n) is 10.4. The fraction of sp³-hybridized carbons (Fsp3) is 0.240. The second-order valence-electron chi connectivity index (χ2n) is 7.93. The van der Waals surface area contributed by atoms with E-state index in [1.54, 1.807) is 11.8 Å². The van der Waals surface area contributed by atoms with Crippen LogP contribution in [0.15, 0.2) is 72.0 Å². The molecule has 0 unspecified atom stereocenters. The van der Waals surface area contributed by atoms with Crippen molar-refractivity contribution >= 4 is 28.8 Å². The predicted octanol–water partition coefficient (Wildman–Crippen LogP) is 5.22. The zero-order valence-corrected chi connectivity index (χ0v) is 18.8. The van der Waals surface area contributed by atoms with Gasteiger partial charge in [-0.15, -0.1) is 0 Å². The highest BCUT2D eigenvalue weighted by Gasteiger charge is 2.13. The highest BCUT2D eigenvalue weighted by atomic mass is 32.2. The molecule has 0 aliphatic heterocycles. The zero-order chi connectivity index (χ0) is 21.8. The number of aromatic nitrogens is 3. The van der Waals surface area contributed by atoms with Crippen LogP contribution in [0.5, 0.6) is 0 Å². The molecule has 1 amide bonds. The van der Waals surface area contributed by atoms with Crippen molar-refractivity contribution < 1.29 is 4.79 Å². The molecule has 1 N–H and O–H groups in total. The van der Waals surface area contributed by atoms with Gasteiger partial charge in [0.05, 0.1) is 6.54 Å². The van der Waals surface area contributed by atoms with Crippen LogP contribution in [0.25, 0.3) is 11.2 Å². The van der Waals surface area contributed by atoms with E-state index in [0.29, 0.717) is 5.56 Å². The summed E-state index contributed by atoms with van der Waals surface area (Å²) in [6.45, 7) is 6.75. The Bertz CT molecular complexity index is 1200. The summed E-state index contributed by atoms with van der Waals surface area (Å²) in [6.07, 6.45) is 1.81. The van der Waals surface area contributed by atoms with Gasteiger partial charge in [-0.25, -0.2) is 9.97 Å². The number of aryl methyl sites for hydroxylation is 1. The molecular formula is C25H26N4OS. The van der Waals surface area contributed by atoms with E-state index in [1.807, 2.05) is 56.4 Å². The van der Waals surface area contributed by atoms with Gasteiger partial charge in [0, 0.05) is 23.6 Å². The molecule has 158 valence electrons. The monoisotopic (exact) mass is 430 g/mol. The molecule has 6 heteroatoms. The minimum absolute atomic E-state index is 0.0415. The summed E-state index contributed by atoms with van der Waals surface area (Å²) in [6, 6.07) is 20.3. The van der Waals surface area contributed by atoms with Crippen LogP contribution in [0.4, 0.5) is 0 Å². The average molecular weight is 431 g/mol. The standard InChI is InChI=1S/C25H26N4OS/c1-17(2)27-24(30)21-11-9-19(10-12-21)16-31-25-28-22-8-5-13-26-23(22)29(25)15-20-7-4-6-18(3)14-20/h4-14,17H,15-16H2,1-3H3,(H,27,30). The van der Waals surface area contributed by atoms with Gasteiger partial charge in [-0.05, 0) is 56.2 Å². The van der Waals surface area contributed by atoms with Gasteiger partial charge in [0.2, 0.25) is 0 Å². The summed E-state index contributed by atoms with van der Waals surface area (Å²) < 4.78 is 2.18. The van der Waals surface area contributed by atoms with Gasteiger partial charge >= 0.3 is 0 Å². The van der Waals surface area contributed by atoms with E-state index in [9.17, 15) is 4.79 Å². The van der Waals surface area contributed by atoms with Gasteiger partial charge < -0.3 is 5.32 Å². The number of thioether (sulfide) groups is 1. The summed E-state index contributed by atoms with van der Waals surface area (Å²) >= 11 is 1.69. The molecule has 0 fully saturated rings. The second-order valence-corrected chi connectivity index (χ2v) is 8.87. The van der Waals surface area contributed by atoms with Gasteiger partial charge in [0.25, 0.3) is 5.91 Å². The summed E-state index contributed by atoms with van der Waals surface area (Å²) in [4.78, 5) is 21.5. The van der Waals surface area contributed by atoms with E-state index >= 15 is 0 Å². The third kappa shape index (κ3) is 5.14. The molecule has 0 aliphatic carbocycles. The Morgan fingerprint density at radius 3 is 2.61 bits per heavy atom. The maximum atomic E-state index is 12.2. The fourth-order valence-corrected chi connectivity index (χ4v) is 4.39. The molecule has 4 aromatic rings. The normalized spacial score (nSPS) is 11.2. The Labute approximate surface area is 186 Å². The number of rotatable bonds is 7. The largest absolute Gasteiger partial charge is 0.350 e. The number of fused-ring (bicyclic) bond motifs is 1. The highest BCUT2D eigenvalue weighted by molar-refractivity contribution is 7.98. The lowest BCUT2D eigenvalue weighted by Gasteiger charge is -2.10. The third-order valence-electron chi connectivity index (χ3n) is 4.90. The van der Waals surface area contributed by atoms with Crippen molar-refractivity contribution in [1.29, 1.82) is 0 Å². The van der Waals surface area contributed by atoms with E-state index in [-0.39, 0.29) is 11.9 Å². The summed E-state index contributed by atoms with van der Waals surface area (Å²) in [5.74, 6) is 0.726. The van der Waals surface area contributed by atoms with Crippen molar-refractivity contribution in [2.75, 3.05) is 0 Å². The van der Waals surface area contributed by atoms with Crippen molar-refractivity contribution in [2.45, 2.75) is 44.3 Å². The van der Waals surface area contributed by atoms with Crippen LogP contribution in [0.3, 0.4) is 0 Å². The summed E-state index contributed by atoms with van der Waals surface area (Å²) in [7, 11) is 0. The number of hydrogen-bond acceptors (Lipinski definition) is 4. The Hall–Kier alpha value is -3.12. The second kappa shape index (κ2) is 9.35. The van der Waals surface area contributed by atoms with Crippen LogP contribution in [0, 0.1) is 6.92 Å². The summed E-state index contributed by atoms with van der Waals surface area (Å²) in [5.41, 5.74) is 6.09. The SMILES string of the molecule is Cc1cccc(Cn2c(SCc3ccc(C(=O)NC(C)C)cc3)nc3cccnc32)c1. The van der Waals surface area contributed by atoms with Crippen molar-refractivity contribution in [3.8, 4) is 0 Å². The lowest BCUT2D eigenvalue weighted by Crippen LogP contribution is -2.29. The quantitative estimate of drug-likeness (QED) is 0.409. The molecule has 0 aliphatic rings. The Balaban J connectivity index is 1.54. The number of benzene rings is 2.